The molecule has 0 bridgehead atoms. The molecule has 6 heteroatoms. The molecule has 1 amide bonds. The van der Waals surface area contributed by atoms with E-state index in [1.807, 2.05) is 18.2 Å². The fraction of sp³-hybridized carbons (Fsp3) is 0.619. The summed E-state index contributed by atoms with van der Waals surface area (Å²) in [6.07, 6.45) is 1.78. The van der Waals surface area contributed by atoms with Crippen LogP contribution in [0.1, 0.15) is 25.3 Å². The van der Waals surface area contributed by atoms with Crippen molar-refractivity contribution in [1.29, 1.82) is 0 Å². The molecular weight excluding hydrogens is 344 g/mol. The lowest BCUT2D eigenvalue weighted by Crippen LogP contribution is -2.62. The van der Waals surface area contributed by atoms with Crippen molar-refractivity contribution in [3.05, 3.63) is 29.8 Å². The first-order valence-electron chi connectivity index (χ1n) is 9.92. The molecule has 5 rings (SSSR count). The van der Waals surface area contributed by atoms with Crippen LogP contribution in [0.15, 0.2) is 24.3 Å². The van der Waals surface area contributed by atoms with E-state index in [0.29, 0.717) is 6.61 Å². The lowest BCUT2D eigenvalue weighted by Gasteiger charge is -2.53. The zero-order valence-corrected chi connectivity index (χ0v) is 15.8. The molecule has 6 unspecified atom stereocenters. The Morgan fingerprint density at radius 1 is 1.33 bits per heavy atom. The number of para-hydroxylation sites is 1. The average Bonchev–Trinajstić information content (AvgIpc) is 3.21. The number of benzene rings is 1. The zero-order valence-electron chi connectivity index (χ0n) is 15.8. The third kappa shape index (κ3) is 2.20. The molecule has 3 fully saturated rings. The van der Waals surface area contributed by atoms with Crippen LogP contribution in [0.25, 0.3) is 0 Å². The van der Waals surface area contributed by atoms with E-state index in [0.717, 1.165) is 37.2 Å². The van der Waals surface area contributed by atoms with Gasteiger partial charge in [-0.1, -0.05) is 18.2 Å². The number of amides is 1. The summed E-state index contributed by atoms with van der Waals surface area (Å²) in [5, 5.41) is 3.12. The lowest BCUT2D eigenvalue weighted by molar-refractivity contribution is -0.173. The quantitative estimate of drug-likeness (QED) is 0.764. The number of methoxy groups -OCH3 is 1. The first-order valence-corrected chi connectivity index (χ1v) is 9.92. The van der Waals surface area contributed by atoms with Crippen molar-refractivity contribution in [3.8, 4) is 0 Å². The molecule has 3 saturated heterocycles. The van der Waals surface area contributed by atoms with Gasteiger partial charge >= 0.3 is 5.97 Å². The fourth-order valence-electron chi connectivity index (χ4n) is 6.32. The van der Waals surface area contributed by atoms with Crippen molar-refractivity contribution in [2.45, 2.75) is 37.3 Å². The summed E-state index contributed by atoms with van der Waals surface area (Å²) < 4.78 is 11.1. The molecule has 1 aromatic rings. The maximum absolute atomic E-state index is 13.3. The monoisotopic (exact) mass is 370 g/mol. The van der Waals surface area contributed by atoms with E-state index in [1.54, 1.807) is 0 Å². The predicted octanol–water partition coefficient (Wildman–Crippen LogP) is 1.79. The van der Waals surface area contributed by atoms with Crippen LogP contribution >= 0.6 is 0 Å². The van der Waals surface area contributed by atoms with Crippen molar-refractivity contribution >= 4 is 17.6 Å². The highest BCUT2D eigenvalue weighted by Crippen LogP contribution is 2.55. The lowest BCUT2D eigenvalue weighted by atomic mass is 9.61. The Balaban J connectivity index is 1.60. The molecule has 0 saturated carbocycles. The molecule has 6 atom stereocenters. The molecule has 4 heterocycles. The fourth-order valence-corrected chi connectivity index (χ4v) is 6.32. The normalized spacial score (nSPS) is 40.2. The van der Waals surface area contributed by atoms with Gasteiger partial charge in [0, 0.05) is 17.6 Å². The Bertz CT molecular complexity index is 796. The summed E-state index contributed by atoms with van der Waals surface area (Å²) in [6, 6.07) is 8.12. The van der Waals surface area contributed by atoms with Crippen molar-refractivity contribution in [1.82, 2.24) is 4.90 Å². The number of rotatable bonds is 1. The smallest absolute Gasteiger partial charge is 0.311 e. The summed E-state index contributed by atoms with van der Waals surface area (Å²) in [5.41, 5.74) is 1.49. The van der Waals surface area contributed by atoms with E-state index < -0.39 is 5.41 Å². The molecule has 4 aliphatic rings. The number of piperidine rings is 1. The number of fused-ring (bicyclic) bond motifs is 6. The maximum Gasteiger partial charge on any atom is 0.311 e. The van der Waals surface area contributed by atoms with Gasteiger partial charge in [-0.15, -0.1) is 0 Å². The second-order valence-electron chi connectivity index (χ2n) is 8.40. The van der Waals surface area contributed by atoms with Gasteiger partial charge in [-0.25, -0.2) is 0 Å². The molecule has 1 N–H and O–H groups in total. The number of esters is 1. The highest BCUT2D eigenvalue weighted by atomic mass is 16.5. The average molecular weight is 370 g/mol. The van der Waals surface area contributed by atoms with Gasteiger partial charge in [0.25, 0.3) is 0 Å². The minimum atomic E-state index is -0.546. The summed E-state index contributed by atoms with van der Waals surface area (Å²) in [6.45, 7) is 4.34. The van der Waals surface area contributed by atoms with Crippen LogP contribution in [0.4, 0.5) is 5.69 Å². The minimum Gasteiger partial charge on any atom is -0.469 e. The number of nitrogens with one attached hydrogen (secondary N) is 1. The van der Waals surface area contributed by atoms with Gasteiger partial charge in [0.15, 0.2) is 0 Å². The number of anilines is 1. The molecule has 1 spiro atoms. The second-order valence-corrected chi connectivity index (χ2v) is 8.40. The molecule has 4 aliphatic heterocycles. The highest BCUT2D eigenvalue weighted by molar-refractivity contribution is 6.07. The summed E-state index contributed by atoms with van der Waals surface area (Å²) >= 11 is 0. The van der Waals surface area contributed by atoms with Gasteiger partial charge in [0.2, 0.25) is 5.91 Å². The van der Waals surface area contributed by atoms with E-state index in [9.17, 15) is 9.59 Å². The molecule has 0 radical (unpaired) electrons. The van der Waals surface area contributed by atoms with Gasteiger partial charge in [-0.05, 0) is 50.4 Å². The summed E-state index contributed by atoms with van der Waals surface area (Å²) in [5.74, 6) is 0.00242. The molecule has 6 nitrogen and oxygen atoms in total. The molecule has 0 aromatic heterocycles. The second kappa shape index (κ2) is 6.04. The SMILES string of the molecule is COC(=O)C1COC(C)C2C1CCN1CCC3(C(=O)Nc4ccccc43)C21. The van der Waals surface area contributed by atoms with Crippen LogP contribution in [0.5, 0.6) is 0 Å². The van der Waals surface area contributed by atoms with E-state index in [2.05, 4.69) is 23.2 Å². The topological polar surface area (TPSA) is 67.9 Å². The van der Waals surface area contributed by atoms with Gasteiger partial charge in [0.1, 0.15) is 0 Å². The number of carbonyl (C=O) groups is 2. The molecule has 0 aliphatic carbocycles. The largest absolute Gasteiger partial charge is 0.469 e. The van der Waals surface area contributed by atoms with Crippen molar-refractivity contribution in [3.63, 3.8) is 0 Å². The summed E-state index contributed by atoms with van der Waals surface area (Å²) in [4.78, 5) is 28.2. The van der Waals surface area contributed by atoms with E-state index in [1.165, 1.54) is 7.11 Å². The number of hydrogen-bond acceptors (Lipinski definition) is 5. The standard InChI is InChI=1S/C21H26N2O4/c1-12-17-13(14(11-27-12)19(24)26-2)7-9-23-10-8-21(18(17)23)15-5-3-4-6-16(15)22-20(21)25/h3-6,12-14,17-18H,7-11H2,1-2H3,(H,22,25). The predicted molar refractivity (Wildman–Crippen MR) is 99.2 cm³/mol. The maximum atomic E-state index is 13.3. The van der Waals surface area contributed by atoms with Crippen LogP contribution < -0.4 is 5.32 Å². The van der Waals surface area contributed by atoms with Gasteiger partial charge in [0.05, 0.1) is 31.2 Å². The molecular formula is C21H26N2O4. The van der Waals surface area contributed by atoms with Crippen molar-refractivity contribution < 1.29 is 19.1 Å². The van der Waals surface area contributed by atoms with Gasteiger partial charge in [-0.3, -0.25) is 14.5 Å². The Labute approximate surface area is 159 Å². The third-order valence-corrected chi connectivity index (χ3v) is 7.46. The highest BCUT2D eigenvalue weighted by Gasteiger charge is 2.64. The zero-order chi connectivity index (χ0) is 18.8. The van der Waals surface area contributed by atoms with Crippen LogP contribution in [0.2, 0.25) is 0 Å². The number of carbonyl (C=O) groups excluding carboxylic acids is 2. The number of nitrogens with zero attached hydrogens (tertiary/aromatic N) is 1. The van der Waals surface area contributed by atoms with Gasteiger partial charge < -0.3 is 14.8 Å². The third-order valence-electron chi connectivity index (χ3n) is 7.46. The van der Waals surface area contributed by atoms with E-state index in [-0.39, 0.29) is 41.8 Å². The van der Waals surface area contributed by atoms with Gasteiger partial charge in [-0.2, -0.15) is 0 Å². The van der Waals surface area contributed by atoms with Crippen molar-refractivity contribution in [2.24, 2.45) is 17.8 Å². The van der Waals surface area contributed by atoms with Crippen LogP contribution in [-0.2, 0) is 24.5 Å². The van der Waals surface area contributed by atoms with E-state index >= 15 is 0 Å². The van der Waals surface area contributed by atoms with Crippen LogP contribution in [0.3, 0.4) is 0 Å². The Hall–Kier alpha value is -1.92. The number of ether oxygens (including phenoxy) is 2. The Morgan fingerprint density at radius 3 is 2.96 bits per heavy atom. The Kier molecular flexibility index (Phi) is 3.85. The Morgan fingerprint density at radius 2 is 2.15 bits per heavy atom. The molecule has 1 aromatic carbocycles. The van der Waals surface area contributed by atoms with Crippen LogP contribution in [0, 0.1) is 17.8 Å². The molecule has 27 heavy (non-hydrogen) atoms. The minimum absolute atomic E-state index is 0.0132. The number of hydrogen-bond donors (Lipinski definition) is 1. The first-order chi connectivity index (χ1) is 13.1. The van der Waals surface area contributed by atoms with E-state index in [4.69, 9.17) is 9.47 Å². The first kappa shape index (κ1) is 17.2. The molecule has 144 valence electrons. The van der Waals surface area contributed by atoms with Crippen LogP contribution in [-0.4, -0.2) is 55.7 Å². The van der Waals surface area contributed by atoms with Crippen molar-refractivity contribution in [2.75, 3.05) is 32.1 Å². The summed E-state index contributed by atoms with van der Waals surface area (Å²) in [7, 11) is 1.45.